The number of halogens is 1. The van der Waals surface area contributed by atoms with E-state index < -0.39 is 0 Å². The molecule has 0 aliphatic carbocycles. The summed E-state index contributed by atoms with van der Waals surface area (Å²) in [5.41, 5.74) is 1.99. The second-order valence-electron chi connectivity index (χ2n) is 6.76. The standard InChI is InChI=1S/C21H26IN3O3/c1-27-17-7-8-20(28-2)16(13-17)14-24-9-11-25(12-10-24)15-21(26)23-19-6-4-3-5-18(19)22/h3-8,13H,9-12,14-15H2,1-2H3,(H,23,26). The number of para-hydroxylation sites is 1. The number of hydrogen-bond donors (Lipinski definition) is 1. The Hall–Kier alpha value is -1.84. The highest BCUT2D eigenvalue weighted by Crippen LogP contribution is 2.25. The molecule has 0 saturated carbocycles. The molecule has 0 bridgehead atoms. The predicted octanol–water partition coefficient (Wildman–Crippen LogP) is 3.06. The molecule has 0 unspecified atom stereocenters. The van der Waals surface area contributed by atoms with Crippen molar-refractivity contribution in [2.75, 3.05) is 52.3 Å². The number of anilines is 1. The molecule has 7 heteroatoms. The summed E-state index contributed by atoms with van der Waals surface area (Å²) in [6, 6.07) is 13.7. The maximum absolute atomic E-state index is 12.4. The summed E-state index contributed by atoms with van der Waals surface area (Å²) in [4.78, 5) is 16.9. The minimum atomic E-state index is 0.0343. The third-order valence-electron chi connectivity index (χ3n) is 4.86. The van der Waals surface area contributed by atoms with Crippen molar-refractivity contribution >= 4 is 34.2 Å². The van der Waals surface area contributed by atoms with Crippen LogP contribution in [-0.2, 0) is 11.3 Å². The van der Waals surface area contributed by atoms with E-state index in [2.05, 4.69) is 37.7 Å². The first kappa shape index (κ1) is 20.9. The minimum absolute atomic E-state index is 0.0343. The van der Waals surface area contributed by atoms with Crippen molar-refractivity contribution in [3.63, 3.8) is 0 Å². The molecule has 1 N–H and O–H groups in total. The number of benzene rings is 2. The zero-order chi connectivity index (χ0) is 19.9. The molecule has 0 spiro atoms. The van der Waals surface area contributed by atoms with Crippen LogP contribution in [0.4, 0.5) is 5.69 Å². The van der Waals surface area contributed by atoms with E-state index in [1.54, 1.807) is 14.2 Å². The number of ether oxygens (including phenoxy) is 2. The second-order valence-corrected chi connectivity index (χ2v) is 7.92. The first-order valence-corrected chi connectivity index (χ1v) is 10.4. The fourth-order valence-electron chi connectivity index (χ4n) is 3.31. The van der Waals surface area contributed by atoms with Crippen LogP contribution in [0.15, 0.2) is 42.5 Å². The highest BCUT2D eigenvalue weighted by molar-refractivity contribution is 14.1. The van der Waals surface area contributed by atoms with Gasteiger partial charge in [-0.3, -0.25) is 14.6 Å². The Morgan fingerprint density at radius 2 is 1.75 bits per heavy atom. The Balaban J connectivity index is 1.49. The maximum Gasteiger partial charge on any atom is 0.238 e. The summed E-state index contributed by atoms with van der Waals surface area (Å²) < 4.78 is 11.9. The van der Waals surface area contributed by atoms with Crippen molar-refractivity contribution in [3.05, 3.63) is 51.6 Å². The third-order valence-corrected chi connectivity index (χ3v) is 5.80. The third kappa shape index (κ3) is 5.59. The quantitative estimate of drug-likeness (QED) is 0.599. The van der Waals surface area contributed by atoms with E-state index in [1.165, 1.54) is 0 Å². The number of rotatable bonds is 7. The lowest BCUT2D eigenvalue weighted by atomic mass is 10.1. The zero-order valence-corrected chi connectivity index (χ0v) is 18.4. The summed E-state index contributed by atoms with van der Waals surface area (Å²) >= 11 is 2.23. The number of piperazine rings is 1. The Labute approximate surface area is 179 Å². The average molecular weight is 495 g/mol. The van der Waals surface area contributed by atoms with Gasteiger partial charge in [0.25, 0.3) is 0 Å². The van der Waals surface area contributed by atoms with E-state index in [4.69, 9.17) is 9.47 Å². The van der Waals surface area contributed by atoms with E-state index in [0.717, 1.165) is 59.0 Å². The van der Waals surface area contributed by atoms with Crippen molar-refractivity contribution in [3.8, 4) is 11.5 Å². The van der Waals surface area contributed by atoms with Crippen LogP contribution in [0.25, 0.3) is 0 Å². The van der Waals surface area contributed by atoms with Crippen LogP contribution in [0.3, 0.4) is 0 Å². The van der Waals surface area contributed by atoms with Gasteiger partial charge in [-0.05, 0) is 52.9 Å². The van der Waals surface area contributed by atoms with Gasteiger partial charge in [-0.25, -0.2) is 0 Å². The first-order chi connectivity index (χ1) is 13.6. The van der Waals surface area contributed by atoms with Crippen molar-refractivity contribution in [1.82, 2.24) is 9.80 Å². The van der Waals surface area contributed by atoms with Crippen LogP contribution < -0.4 is 14.8 Å². The molecule has 1 fully saturated rings. The number of carbonyl (C=O) groups excluding carboxylic acids is 1. The maximum atomic E-state index is 12.4. The van der Waals surface area contributed by atoms with Gasteiger partial charge in [-0.1, -0.05) is 12.1 Å². The van der Waals surface area contributed by atoms with Crippen LogP contribution >= 0.6 is 22.6 Å². The SMILES string of the molecule is COc1ccc(OC)c(CN2CCN(CC(=O)Nc3ccccc3I)CC2)c1. The van der Waals surface area contributed by atoms with Crippen LogP contribution in [-0.4, -0.2) is 62.7 Å². The summed E-state index contributed by atoms with van der Waals surface area (Å²) in [5, 5.41) is 3.00. The first-order valence-electron chi connectivity index (χ1n) is 9.29. The lowest BCUT2D eigenvalue weighted by molar-refractivity contribution is -0.117. The number of carbonyl (C=O) groups is 1. The van der Waals surface area contributed by atoms with Crippen LogP contribution in [0.5, 0.6) is 11.5 Å². The minimum Gasteiger partial charge on any atom is -0.497 e. The highest BCUT2D eigenvalue weighted by atomic mass is 127. The molecule has 1 aliphatic heterocycles. The van der Waals surface area contributed by atoms with Gasteiger partial charge in [0.2, 0.25) is 5.91 Å². The fraction of sp³-hybridized carbons (Fsp3) is 0.381. The number of amides is 1. The molecule has 1 saturated heterocycles. The van der Waals surface area contributed by atoms with Gasteiger partial charge in [0.1, 0.15) is 11.5 Å². The Bertz CT molecular complexity index is 807. The van der Waals surface area contributed by atoms with Crippen molar-refractivity contribution < 1.29 is 14.3 Å². The van der Waals surface area contributed by atoms with Gasteiger partial charge in [0, 0.05) is 41.9 Å². The molecular weight excluding hydrogens is 469 g/mol. The van der Waals surface area contributed by atoms with E-state index in [0.29, 0.717) is 6.54 Å². The fourth-order valence-corrected chi connectivity index (χ4v) is 3.83. The monoisotopic (exact) mass is 495 g/mol. The van der Waals surface area contributed by atoms with E-state index in [-0.39, 0.29) is 5.91 Å². The Kier molecular flexibility index (Phi) is 7.52. The van der Waals surface area contributed by atoms with E-state index >= 15 is 0 Å². The van der Waals surface area contributed by atoms with E-state index in [9.17, 15) is 4.79 Å². The van der Waals surface area contributed by atoms with Gasteiger partial charge < -0.3 is 14.8 Å². The number of methoxy groups -OCH3 is 2. The molecule has 2 aromatic rings. The number of hydrogen-bond acceptors (Lipinski definition) is 5. The summed E-state index contributed by atoms with van der Waals surface area (Å²) in [6.07, 6.45) is 0. The molecule has 6 nitrogen and oxygen atoms in total. The van der Waals surface area contributed by atoms with Crippen LogP contribution in [0.2, 0.25) is 0 Å². The second kappa shape index (κ2) is 10.1. The Morgan fingerprint density at radius 1 is 1.04 bits per heavy atom. The molecule has 28 heavy (non-hydrogen) atoms. The normalized spacial score (nSPS) is 15.2. The van der Waals surface area contributed by atoms with Gasteiger partial charge in [-0.15, -0.1) is 0 Å². The lowest BCUT2D eigenvalue weighted by Crippen LogP contribution is -2.48. The average Bonchev–Trinajstić information content (AvgIpc) is 2.71. The summed E-state index contributed by atoms with van der Waals surface area (Å²) in [5.74, 6) is 1.74. The topological polar surface area (TPSA) is 54.0 Å². The smallest absolute Gasteiger partial charge is 0.238 e. The molecule has 2 aromatic carbocycles. The Morgan fingerprint density at radius 3 is 2.43 bits per heavy atom. The van der Waals surface area contributed by atoms with Crippen molar-refractivity contribution in [2.45, 2.75) is 6.54 Å². The molecule has 150 valence electrons. The van der Waals surface area contributed by atoms with Gasteiger partial charge in [0.05, 0.1) is 26.5 Å². The lowest BCUT2D eigenvalue weighted by Gasteiger charge is -2.34. The van der Waals surface area contributed by atoms with Gasteiger partial charge in [0.15, 0.2) is 0 Å². The van der Waals surface area contributed by atoms with E-state index in [1.807, 2.05) is 42.5 Å². The summed E-state index contributed by atoms with van der Waals surface area (Å²) in [7, 11) is 3.36. The largest absolute Gasteiger partial charge is 0.497 e. The van der Waals surface area contributed by atoms with Crippen LogP contribution in [0, 0.1) is 3.57 Å². The van der Waals surface area contributed by atoms with Crippen LogP contribution in [0.1, 0.15) is 5.56 Å². The number of nitrogens with zero attached hydrogens (tertiary/aromatic N) is 2. The molecule has 0 atom stereocenters. The molecule has 1 heterocycles. The molecule has 0 radical (unpaired) electrons. The highest BCUT2D eigenvalue weighted by Gasteiger charge is 2.20. The predicted molar refractivity (Wildman–Crippen MR) is 119 cm³/mol. The zero-order valence-electron chi connectivity index (χ0n) is 16.3. The molecule has 1 amide bonds. The number of nitrogens with one attached hydrogen (secondary N) is 1. The summed E-state index contributed by atoms with van der Waals surface area (Å²) in [6.45, 7) is 4.79. The van der Waals surface area contributed by atoms with Gasteiger partial charge >= 0.3 is 0 Å². The molecule has 1 aliphatic rings. The molecular formula is C21H26IN3O3. The van der Waals surface area contributed by atoms with Crippen molar-refractivity contribution in [2.24, 2.45) is 0 Å². The molecule has 0 aromatic heterocycles. The molecule has 3 rings (SSSR count). The van der Waals surface area contributed by atoms with Gasteiger partial charge in [-0.2, -0.15) is 0 Å². The van der Waals surface area contributed by atoms with Crippen molar-refractivity contribution in [1.29, 1.82) is 0 Å².